The van der Waals surface area contributed by atoms with E-state index in [1.807, 2.05) is 19.2 Å². The molecule has 2 heterocycles. The molecule has 0 aliphatic rings. The summed E-state index contributed by atoms with van der Waals surface area (Å²) in [5.74, 6) is -0.751. The van der Waals surface area contributed by atoms with E-state index in [0.717, 1.165) is 16.5 Å². The van der Waals surface area contributed by atoms with Crippen molar-refractivity contribution in [2.45, 2.75) is 19.8 Å². The van der Waals surface area contributed by atoms with Crippen molar-refractivity contribution < 1.29 is 14.0 Å². The van der Waals surface area contributed by atoms with E-state index in [1.54, 1.807) is 13.1 Å². The summed E-state index contributed by atoms with van der Waals surface area (Å²) in [6.07, 6.45) is 5.06. The van der Waals surface area contributed by atoms with Crippen LogP contribution in [0.3, 0.4) is 0 Å². The Morgan fingerprint density at radius 3 is 2.72 bits per heavy atom. The van der Waals surface area contributed by atoms with Gasteiger partial charge >= 0.3 is 17.8 Å². The van der Waals surface area contributed by atoms with Gasteiger partial charge in [-0.1, -0.05) is 29.4 Å². The van der Waals surface area contributed by atoms with Crippen LogP contribution in [0.1, 0.15) is 29.6 Å². The van der Waals surface area contributed by atoms with Crippen LogP contribution in [0.15, 0.2) is 47.5 Å². The van der Waals surface area contributed by atoms with E-state index in [1.165, 1.54) is 16.7 Å². The monoisotopic (exact) mass is 395 g/mol. The van der Waals surface area contributed by atoms with Gasteiger partial charge in [-0.3, -0.25) is 14.5 Å². The SMILES string of the molecule is C=CCCN(C)C(=O)c1nnc(N(CCc2cn(C)c3ccccc23)C(C)=O)o1. The zero-order valence-corrected chi connectivity index (χ0v) is 17.0. The van der Waals surface area contributed by atoms with Crippen LogP contribution < -0.4 is 4.90 Å². The Morgan fingerprint density at radius 2 is 2.00 bits per heavy atom. The van der Waals surface area contributed by atoms with Crippen molar-refractivity contribution in [2.75, 3.05) is 25.0 Å². The van der Waals surface area contributed by atoms with Crippen LogP contribution in [0.5, 0.6) is 0 Å². The molecule has 0 bridgehead atoms. The first-order valence-electron chi connectivity index (χ1n) is 9.43. The minimum atomic E-state index is -0.386. The number of rotatable bonds is 8. The number of aryl methyl sites for hydroxylation is 1. The second-order valence-corrected chi connectivity index (χ2v) is 6.90. The molecular formula is C21H25N5O3. The standard InChI is InChI=1S/C21H25N5O3/c1-5-6-12-24(3)20(28)19-22-23-21(29-19)26(15(2)27)13-11-16-14-25(4)18-10-8-7-9-17(16)18/h5,7-10,14H,1,6,11-13H2,2-4H3. The highest BCUT2D eigenvalue weighted by atomic mass is 16.4. The summed E-state index contributed by atoms with van der Waals surface area (Å²) in [5, 5.41) is 8.89. The van der Waals surface area contributed by atoms with Gasteiger partial charge in [-0.15, -0.1) is 11.7 Å². The van der Waals surface area contributed by atoms with Crippen LogP contribution in [-0.2, 0) is 18.3 Å². The molecule has 2 amide bonds. The maximum Gasteiger partial charge on any atom is 0.325 e. The maximum absolute atomic E-state index is 12.4. The van der Waals surface area contributed by atoms with Gasteiger partial charge < -0.3 is 13.9 Å². The molecule has 0 saturated carbocycles. The number of carbonyl (C=O) groups excluding carboxylic acids is 2. The number of para-hydroxylation sites is 1. The molecule has 0 unspecified atom stereocenters. The van der Waals surface area contributed by atoms with Crippen LogP contribution in [0.2, 0.25) is 0 Å². The topological polar surface area (TPSA) is 84.5 Å². The van der Waals surface area contributed by atoms with Gasteiger partial charge in [0, 0.05) is 51.2 Å². The molecular weight excluding hydrogens is 370 g/mol. The highest BCUT2D eigenvalue weighted by Crippen LogP contribution is 2.22. The van der Waals surface area contributed by atoms with Gasteiger partial charge in [0.2, 0.25) is 5.91 Å². The summed E-state index contributed by atoms with van der Waals surface area (Å²) >= 11 is 0. The Morgan fingerprint density at radius 1 is 1.24 bits per heavy atom. The Labute approximate surface area is 169 Å². The molecule has 152 valence electrons. The molecule has 0 atom stereocenters. The van der Waals surface area contributed by atoms with Crippen molar-refractivity contribution in [1.82, 2.24) is 19.7 Å². The summed E-state index contributed by atoms with van der Waals surface area (Å²) in [7, 11) is 3.65. The van der Waals surface area contributed by atoms with Crippen LogP contribution in [-0.4, -0.2) is 51.6 Å². The molecule has 0 saturated heterocycles. The summed E-state index contributed by atoms with van der Waals surface area (Å²) in [6, 6.07) is 8.13. The average Bonchev–Trinajstić information content (AvgIpc) is 3.31. The van der Waals surface area contributed by atoms with Crippen LogP contribution in [0.4, 0.5) is 6.01 Å². The number of aromatic nitrogens is 3. The van der Waals surface area contributed by atoms with Gasteiger partial charge in [-0.25, -0.2) is 0 Å². The van der Waals surface area contributed by atoms with Gasteiger partial charge in [0.1, 0.15) is 0 Å². The Hall–Kier alpha value is -3.42. The molecule has 8 heteroatoms. The van der Waals surface area contributed by atoms with E-state index < -0.39 is 0 Å². The van der Waals surface area contributed by atoms with Crippen molar-refractivity contribution in [3.8, 4) is 0 Å². The van der Waals surface area contributed by atoms with Crippen molar-refractivity contribution in [3.63, 3.8) is 0 Å². The van der Waals surface area contributed by atoms with Gasteiger partial charge in [0.15, 0.2) is 0 Å². The lowest BCUT2D eigenvalue weighted by Crippen LogP contribution is -2.31. The van der Waals surface area contributed by atoms with E-state index in [0.29, 0.717) is 25.9 Å². The van der Waals surface area contributed by atoms with E-state index in [-0.39, 0.29) is 23.7 Å². The van der Waals surface area contributed by atoms with E-state index in [4.69, 9.17) is 4.42 Å². The van der Waals surface area contributed by atoms with Gasteiger partial charge in [0.25, 0.3) is 0 Å². The lowest BCUT2D eigenvalue weighted by Gasteiger charge is -2.16. The fourth-order valence-corrected chi connectivity index (χ4v) is 3.21. The fourth-order valence-electron chi connectivity index (χ4n) is 3.21. The molecule has 0 N–H and O–H groups in total. The number of hydrogen-bond acceptors (Lipinski definition) is 5. The first-order valence-corrected chi connectivity index (χ1v) is 9.43. The third kappa shape index (κ3) is 4.37. The summed E-state index contributed by atoms with van der Waals surface area (Å²) in [6.45, 7) is 5.94. The molecule has 29 heavy (non-hydrogen) atoms. The normalized spacial score (nSPS) is 10.9. The molecule has 0 aliphatic carbocycles. The third-order valence-electron chi connectivity index (χ3n) is 4.81. The Balaban J connectivity index is 1.75. The molecule has 2 aromatic heterocycles. The maximum atomic E-state index is 12.4. The third-order valence-corrected chi connectivity index (χ3v) is 4.81. The van der Waals surface area contributed by atoms with Crippen LogP contribution in [0, 0.1) is 0 Å². The van der Waals surface area contributed by atoms with E-state index >= 15 is 0 Å². The predicted molar refractivity (Wildman–Crippen MR) is 111 cm³/mol. The second-order valence-electron chi connectivity index (χ2n) is 6.90. The number of benzene rings is 1. The van der Waals surface area contributed by atoms with Crippen molar-refractivity contribution >= 4 is 28.7 Å². The Kier molecular flexibility index (Phi) is 6.11. The van der Waals surface area contributed by atoms with Crippen molar-refractivity contribution in [3.05, 3.63) is 54.6 Å². The average molecular weight is 395 g/mol. The van der Waals surface area contributed by atoms with Crippen LogP contribution >= 0.6 is 0 Å². The molecule has 3 aromatic rings. The number of nitrogens with zero attached hydrogens (tertiary/aromatic N) is 5. The zero-order chi connectivity index (χ0) is 21.0. The highest BCUT2D eigenvalue weighted by molar-refractivity contribution is 5.91. The van der Waals surface area contributed by atoms with Crippen molar-refractivity contribution in [2.24, 2.45) is 7.05 Å². The minimum absolute atomic E-state index is 0.0261. The number of anilines is 1. The summed E-state index contributed by atoms with van der Waals surface area (Å²) in [4.78, 5) is 27.4. The fraction of sp³-hybridized carbons (Fsp3) is 0.333. The molecule has 0 fully saturated rings. The predicted octanol–water partition coefficient (Wildman–Crippen LogP) is 2.81. The summed E-state index contributed by atoms with van der Waals surface area (Å²) < 4.78 is 7.57. The molecule has 0 aliphatic heterocycles. The first kappa shape index (κ1) is 20.3. The largest absolute Gasteiger partial charge is 0.398 e. The second kappa shape index (κ2) is 8.72. The lowest BCUT2D eigenvalue weighted by atomic mass is 10.1. The van der Waals surface area contributed by atoms with E-state index in [2.05, 4.69) is 39.7 Å². The van der Waals surface area contributed by atoms with Crippen molar-refractivity contribution in [1.29, 1.82) is 0 Å². The summed E-state index contributed by atoms with van der Waals surface area (Å²) in [5.41, 5.74) is 2.25. The smallest absolute Gasteiger partial charge is 0.325 e. The van der Waals surface area contributed by atoms with Crippen LogP contribution in [0.25, 0.3) is 10.9 Å². The van der Waals surface area contributed by atoms with E-state index in [9.17, 15) is 9.59 Å². The number of amides is 2. The zero-order valence-electron chi connectivity index (χ0n) is 17.0. The van der Waals surface area contributed by atoms with Gasteiger partial charge in [0.05, 0.1) is 0 Å². The first-order chi connectivity index (χ1) is 13.9. The van der Waals surface area contributed by atoms with Gasteiger partial charge in [-0.2, -0.15) is 0 Å². The number of carbonyl (C=O) groups is 2. The van der Waals surface area contributed by atoms with Gasteiger partial charge in [-0.05, 0) is 24.5 Å². The highest BCUT2D eigenvalue weighted by Gasteiger charge is 2.23. The molecule has 0 radical (unpaired) electrons. The quantitative estimate of drug-likeness (QED) is 0.548. The number of fused-ring (bicyclic) bond motifs is 1. The lowest BCUT2D eigenvalue weighted by molar-refractivity contribution is -0.116. The molecule has 1 aromatic carbocycles. The molecule has 8 nitrogen and oxygen atoms in total. The Bertz CT molecular complexity index is 1040. The number of hydrogen-bond donors (Lipinski definition) is 0. The minimum Gasteiger partial charge on any atom is -0.398 e. The molecule has 3 rings (SSSR count). The molecule has 0 spiro atoms.